The molecule has 3 heterocycles. The van der Waals surface area contributed by atoms with Crippen LogP contribution in [0, 0.1) is 12.8 Å². The first-order valence-corrected chi connectivity index (χ1v) is 12.1. The molecule has 0 radical (unpaired) electrons. The number of halogens is 2. The Morgan fingerprint density at radius 2 is 2.08 bits per heavy atom. The minimum absolute atomic E-state index is 0.0470. The van der Waals surface area contributed by atoms with Crippen molar-refractivity contribution in [2.24, 2.45) is 17.5 Å². The molecule has 0 aromatic carbocycles. The molecule has 4 N–H and O–H groups in total. The molecule has 11 heteroatoms. The molecule has 0 amide bonds. The van der Waals surface area contributed by atoms with Crippen molar-refractivity contribution < 1.29 is 18.3 Å². The summed E-state index contributed by atoms with van der Waals surface area (Å²) in [4.78, 5) is 26.0. The molecule has 1 saturated carbocycles. The normalized spacial score (nSPS) is 20.9. The van der Waals surface area contributed by atoms with Gasteiger partial charge in [-0.3, -0.25) is 9.88 Å². The van der Waals surface area contributed by atoms with Crippen molar-refractivity contribution >= 4 is 12.0 Å². The number of hydrogen-bond donors (Lipinski definition) is 2. The molecule has 2 aromatic heterocycles. The van der Waals surface area contributed by atoms with Gasteiger partial charge in [-0.2, -0.15) is 4.98 Å². The lowest BCUT2D eigenvalue weighted by molar-refractivity contribution is -0.124. The van der Waals surface area contributed by atoms with Crippen molar-refractivity contribution in [3.8, 4) is 6.01 Å². The Hall–Kier alpha value is -3.18. The highest BCUT2D eigenvalue weighted by atomic mass is 19.3. The van der Waals surface area contributed by atoms with Crippen molar-refractivity contribution in [1.29, 1.82) is 0 Å². The summed E-state index contributed by atoms with van der Waals surface area (Å²) in [5.74, 6) is 2.92. The minimum atomic E-state index is -2.89. The lowest BCUT2D eigenvalue weighted by Crippen LogP contribution is -2.47. The van der Waals surface area contributed by atoms with E-state index in [0.717, 1.165) is 24.1 Å². The summed E-state index contributed by atoms with van der Waals surface area (Å²) in [6.07, 6.45) is 5.35. The second kappa shape index (κ2) is 10.8. The number of rotatable bonds is 9. The van der Waals surface area contributed by atoms with E-state index in [-0.39, 0.29) is 25.7 Å². The van der Waals surface area contributed by atoms with Gasteiger partial charge in [0.15, 0.2) is 0 Å². The van der Waals surface area contributed by atoms with Crippen molar-refractivity contribution in [1.82, 2.24) is 24.9 Å². The smallest absolute Gasteiger partial charge is 0.316 e. The highest BCUT2D eigenvalue weighted by Crippen LogP contribution is 2.35. The van der Waals surface area contributed by atoms with Gasteiger partial charge in [-0.15, -0.1) is 0 Å². The zero-order chi connectivity index (χ0) is 25.9. The van der Waals surface area contributed by atoms with Gasteiger partial charge in [0, 0.05) is 50.3 Å². The fourth-order valence-electron chi connectivity index (χ4n) is 4.60. The Labute approximate surface area is 209 Å². The summed E-state index contributed by atoms with van der Waals surface area (Å²) in [5.41, 5.74) is 10.2. The molecule has 1 aliphatic carbocycles. The van der Waals surface area contributed by atoms with Gasteiger partial charge in [0.1, 0.15) is 12.9 Å². The first kappa shape index (κ1) is 25.9. The topological polar surface area (TPSA) is 123 Å². The number of aromatic nitrogens is 3. The van der Waals surface area contributed by atoms with Crippen LogP contribution in [-0.2, 0) is 11.3 Å². The fourth-order valence-corrected chi connectivity index (χ4v) is 4.60. The third kappa shape index (κ3) is 6.14. The number of carbonyl (C=O) groups excluding carboxylic acids is 1. The molecular weight excluding hydrogens is 468 g/mol. The van der Waals surface area contributed by atoms with Crippen molar-refractivity contribution in [2.45, 2.75) is 51.0 Å². The lowest BCUT2D eigenvalue weighted by atomic mass is 9.83. The van der Waals surface area contributed by atoms with E-state index in [1.165, 1.54) is 11.4 Å². The second-order valence-electron chi connectivity index (χ2n) is 9.72. The largest absolute Gasteiger partial charge is 0.457 e. The van der Waals surface area contributed by atoms with Crippen LogP contribution in [0.1, 0.15) is 54.2 Å². The number of pyridine rings is 1. The molecule has 1 aliphatic heterocycles. The van der Waals surface area contributed by atoms with Gasteiger partial charge in [0.05, 0.1) is 29.3 Å². The predicted molar refractivity (Wildman–Crippen MR) is 131 cm³/mol. The summed E-state index contributed by atoms with van der Waals surface area (Å²) in [7, 11) is 1.65. The molecule has 2 fully saturated rings. The average molecular weight is 502 g/mol. The molecule has 9 nitrogen and oxygen atoms in total. The van der Waals surface area contributed by atoms with Gasteiger partial charge in [0.25, 0.3) is 5.92 Å². The van der Waals surface area contributed by atoms with E-state index in [1.807, 2.05) is 12.1 Å². The Morgan fingerprint density at radius 1 is 1.31 bits per heavy atom. The maximum absolute atomic E-state index is 14.0. The summed E-state index contributed by atoms with van der Waals surface area (Å²) in [6.45, 7) is 2.03. The second-order valence-corrected chi connectivity index (χ2v) is 9.72. The molecule has 0 spiro atoms. The third-order valence-electron chi connectivity index (χ3n) is 6.82. The van der Waals surface area contributed by atoms with Crippen LogP contribution in [0.4, 0.5) is 8.78 Å². The number of nitrogens with zero attached hydrogens (tertiary/aromatic N) is 5. The van der Waals surface area contributed by atoms with Gasteiger partial charge in [-0.05, 0) is 37.5 Å². The van der Waals surface area contributed by atoms with E-state index in [1.54, 1.807) is 31.1 Å². The molecule has 4 rings (SSSR count). The Balaban J connectivity index is 1.47. The lowest BCUT2D eigenvalue weighted by Gasteiger charge is -2.35. The number of hydrogen-bond acceptors (Lipinski definition) is 9. The SMILES string of the molecule is Cc1nc(/C(N)=C(\COc2nccc(C3CCC3)n2)N(C)N)ccc1CN1CC(C=O)CC(F)(F)C1. The number of aryl methyl sites for hydroxylation is 1. The zero-order valence-corrected chi connectivity index (χ0v) is 20.7. The monoisotopic (exact) mass is 501 g/mol. The van der Waals surface area contributed by atoms with Gasteiger partial charge in [0.2, 0.25) is 0 Å². The van der Waals surface area contributed by atoms with E-state index in [2.05, 4.69) is 15.0 Å². The minimum Gasteiger partial charge on any atom is -0.457 e. The molecule has 36 heavy (non-hydrogen) atoms. The predicted octanol–water partition coefficient (Wildman–Crippen LogP) is 2.62. The fraction of sp³-hybridized carbons (Fsp3) is 0.520. The van der Waals surface area contributed by atoms with Crippen LogP contribution < -0.4 is 16.3 Å². The van der Waals surface area contributed by atoms with Crippen LogP contribution in [0.2, 0.25) is 0 Å². The van der Waals surface area contributed by atoms with Gasteiger partial charge in [-0.25, -0.2) is 19.6 Å². The Bertz CT molecular complexity index is 1120. The Morgan fingerprint density at radius 3 is 2.72 bits per heavy atom. The van der Waals surface area contributed by atoms with Crippen LogP contribution in [0.15, 0.2) is 30.1 Å². The number of ether oxygens (including phenoxy) is 1. The number of aldehydes is 1. The number of hydrazine groups is 1. The van der Waals surface area contributed by atoms with Gasteiger partial charge in [-0.1, -0.05) is 12.5 Å². The van der Waals surface area contributed by atoms with E-state index in [0.29, 0.717) is 41.5 Å². The number of likely N-dealkylation sites (N-methyl/N-ethyl adjacent to an activating group) is 1. The molecule has 1 atom stereocenters. The quantitative estimate of drug-likeness (QED) is 0.303. The molecule has 2 aromatic rings. The summed E-state index contributed by atoms with van der Waals surface area (Å²) in [5, 5.41) is 1.37. The number of carbonyl (C=O) groups is 1. The first-order chi connectivity index (χ1) is 17.1. The molecule has 2 aliphatic rings. The van der Waals surface area contributed by atoms with Crippen molar-refractivity contribution in [2.75, 3.05) is 26.7 Å². The Kier molecular flexibility index (Phi) is 7.79. The number of alkyl halides is 2. The van der Waals surface area contributed by atoms with Crippen LogP contribution in [-0.4, -0.2) is 63.8 Å². The van der Waals surface area contributed by atoms with E-state index in [9.17, 15) is 13.6 Å². The number of likely N-dealkylation sites (tertiary alicyclic amines) is 1. The number of piperidine rings is 1. The third-order valence-corrected chi connectivity index (χ3v) is 6.82. The highest BCUT2D eigenvalue weighted by molar-refractivity contribution is 5.63. The summed E-state index contributed by atoms with van der Waals surface area (Å²) in [6, 6.07) is 5.72. The zero-order valence-electron chi connectivity index (χ0n) is 20.7. The summed E-state index contributed by atoms with van der Waals surface area (Å²) < 4.78 is 33.9. The first-order valence-electron chi connectivity index (χ1n) is 12.1. The average Bonchev–Trinajstić information content (AvgIpc) is 2.78. The summed E-state index contributed by atoms with van der Waals surface area (Å²) >= 11 is 0. The van der Waals surface area contributed by atoms with E-state index >= 15 is 0 Å². The van der Waals surface area contributed by atoms with Gasteiger partial charge >= 0.3 is 6.01 Å². The van der Waals surface area contributed by atoms with Crippen molar-refractivity contribution in [3.05, 3.63) is 52.7 Å². The highest BCUT2D eigenvalue weighted by Gasteiger charge is 2.40. The standard InChI is InChI=1S/C25H33F2N7O2/c1-16-19(12-34-11-17(13-35)10-25(26,27)15-34)6-7-21(31-16)23(28)22(33(2)29)14-36-24-30-9-8-20(32-24)18-4-3-5-18/h6-9,13,17-18H,3-5,10-12,14-15,28-29H2,1-2H3/b23-22-. The maximum Gasteiger partial charge on any atom is 0.316 e. The van der Waals surface area contributed by atoms with Crippen LogP contribution >= 0.6 is 0 Å². The van der Waals surface area contributed by atoms with Crippen molar-refractivity contribution in [3.63, 3.8) is 0 Å². The molecular formula is C25H33F2N7O2. The number of nitrogens with two attached hydrogens (primary N) is 2. The molecule has 0 bridgehead atoms. The van der Waals surface area contributed by atoms with Crippen LogP contribution in [0.3, 0.4) is 0 Å². The van der Waals surface area contributed by atoms with E-state index < -0.39 is 18.3 Å². The molecule has 1 saturated heterocycles. The van der Waals surface area contributed by atoms with Crippen LogP contribution in [0.25, 0.3) is 5.70 Å². The van der Waals surface area contributed by atoms with Gasteiger partial charge < -0.3 is 20.3 Å². The van der Waals surface area contributed by atoms with Crippen LogP contribution in [0.5, 0.6) is 6.01 Å². The molecule has 1 unspecified atom stereocenters. The maximum atomic E-state index is 14.0. The van der Waals surface area contributed by atoms with E-state index in [4.69, 9.17) is 16.3 Å². The molecule has 194 valence electrons.